The summed E-state index contributed by atoms with van der Waals surface area (Å²) in [4.78, 5) is 31.0. The van der Waals surface area contributed by atoms with Gasteiger partial charge in [0.05, 0.1) is 0 Å². The van der Waals surface area contributed by atoms with Crippen molar-refractivity contribution in [2.45, 2.75) is 0 Å². The first-order chi connectivity index (χ1) is 3.71. The second-order valence-corrected chi connectivity index (χ2v) is 3.68. The fraction of sp³-hybridized carbons (Fsp3) is 0. The van der Waals surface area contributed by atoms with Crippen LogP contribution >= 0.6 is 15.6 Å². The maximum Gasteiger partial charge on any atom is 0.478 e. The van der Waals surface area contributed by atoms with Gasteiger partial charge < -0.3 is 19.6 Å². The summed E-state index contributed by atoms with van der Waals surface area (Å²) < 4.78 is 22.2. The molecule has 0 atom stereocenters. The summed E-state index contributed by atoms with van der Waals surface area (Å²) in [5.74, 6) is 0. The van der Waals surface area contributed by atoms with Gasteiger partial charge >= 0.3 is 15.6 Å². The summed E-state index contributed by atoms with van der Waals surface area (Å²) in [5, 5.41) is 0. The van der Waals surface area contributed by atoms with Gasteiger partial charge in [0, 0.05) is 23.9 Å². The summed E-state index contributed by atoms with van der Waals surface area (Å²) in [6.45, 7) is 0. The fourth-order valence-electron chi connectivity index (χ4n) is 0.139. The van der Waals surface area contributed by atoms with E-state index < -0.39 is 15.6 Å². The van der Waals surface area contributed by atoms with E-state index in [-0.39, 0.29) is 23.9 Å². The molecule has 10 heavy (non-hydrogen) atoms. The first kappa shape index (κ1) is 13.6. The van der Waals surface area contributed by atoms with Crippen molar-refractivity contribution in [2.24, 2.45) is 0 Å². The minimum absolute atomic E-state index is 0. The third-order valence-electron chi connectivity index (χ3n) is 0.213. The average Bonchev–Trinajstić information content (AvgIpc) is 1.14. The molecule has 0 aromatic rings. The van der Waals surface area contributed by atoms with Gasteiger partial charge in [-0.25, -0.2) is 9.13 Å². The van der Waals surface area contributed by atoms with Crippen LogP contribution in [0, 0.1) is 0 Å². The predicted octanol–water partition coefficient (Wildman–Crippen LogP) is -1.19. The SMILES string of the molecule is O=P(O)(O)OP(=O)(O)O.[Sn]. The van der Waals surface area contributed by atoms with Gasteiger partial charge in [-0.15, -0.1) is 0 Å². The van der Waals surface area contributed by atoms with Crippen molar-refractivity contribution >= 4 is 39.6 Å². The van der Waals surface area contributed by atoms with Crippen molar-refractivity contribution in [3.63, 3.8) is 0 Å². The van der Waals surface area contributed by atoms with E-state index in [4.69, 9.17) is 19.6 Å². The normalized spacial score (nSPS) is 12.4. The number of rotatable bonds is 2. The van der Waals surface area contributed by atoms with Gasteiger partial charge in [0.15, 0.2) is 0 Å². The Kier molecular flexibility index (Phi) is 5.69. The Morgan fingerprint density at radius 2 is 1.10 bits per heavy atom. The number of phosphoric acid groups is 2. The van der Waals surface area contributed by atoms with E-state index in [1.807, 2.05) is 0 Å². The van der Waals surface area contributed by atoms with Crippen LogP contribution in [-0.4, -0.2) is 43.5 Å². The molecule has 0 aromatic carbocycles. The molecular formula is H4O7P2Sn. The Labute approximate surface area is 72.8 Å². The molecule has 0 rings (SSSR count). The van der Waals surface area contributed by atoms with Crippen LogP contribution in [0.3, 0.4) is 0 Å². The molecule has 0 aromatic heterocycles. The molecule has 4 radical (unpaired) electrons. The zero-order valence-electron chi connectivity index (χ0n) is 4.41. The summed E-state index contributed by atoms with van der Waals surface area (Å²) in [6, 6.07) is 0. The molecule has 0 aliphatic carbocycles. The predicted molar refractivity (Wildman–Crippen MR) is 30.9 cm³/mol. The molecule has 10 heteroatoms. The first-order valence-corrected chi connectivity index (χ1v) is 4.59. The van der Waals surface area contributed by atoms with Crippen molar-refractivity contribution in [1.82, 2.24) is 0 Å². The Hall–Kier alpha value is 1.06. The summed E-state index contributed by atoms with van der Waals surface area (Å²) in [7, 11) is -10.1. The van der Waals surface area contributed by atoms with Crippen molar-refractivity contribution in [2.75, 3.05) is 0 Å². The Balaban J connectivity index is 0. The Bertz CT molecular complexity index is 152. The van der Waals surface area contributed by atoms with Crippen molar-refractivity contribution in [3.05, 3.63) is 0 Å². The van der Waals surface area contributed by atoms with Crippen LogP contribution in [0.15, 0.2) is 0 Å². The first-order valence-electron chi connectivity index (χ1n) is 1.53. The second-order valence-electron chi connectivity index (χ2n) is 1.06. The van der Waals surface area contributed by atoms with E-state index >= 15 is 0 Å². The Morgan fingerprint density at radius 3 is 1.10 bits per heavy atom. The molecule has 0 saturated heterocycles. The number of hydrogen-bond acceptors (Lipinski definition) is 3. The van der Waals surface area contributed by atoms with Gasteiger partial charge in [0.25, 0.3) is 0 Å². The van der Waals surface area contributed by atoms with Crippen LogP contribution in [0.1, 0.15) is 0 Å². The van der Waals surface area contributed by atoms with Crippen LogP contribution < -0.4 is 0 Å². The van der Waals surface area contributed by atoms with Crippen molar-refractivity contribution in [1.29, 1.82) is 0 Å². The molecule has 0 fully saturated rings. The average molecular weight is 297 g/mol. The van der Waals surface area contributed by atoms with Gasteiger partial charge in [-0.05, 0) is 0 Å². The topological polar surface area (TPSA) is 124 Å². The van der Waals surface area contributed by atoms with Gasteiger partial charge in [0.1, 0.15) is 0 Å². The monoisotopic (exact) mass is 298 g/mol. The van der Waals surface area contributed by atoms with Gasteiger partial charge in [0.2, 0.25) is 0 Å². The van der Waals surface area contributed by atoms with Crippen LogP contribution in [0.25, 0.3) is 0 Å². The molecule has 0 amide bonds. The number of hydrogen-bond donors (Lipinski definition) is 4. The second kappa shape index (κ2) is 4.18. The van der Waals surface area contributed by atoms with E-state index in [0.29, 0.717) is 0 Å². The molecular weight excluding hydrogens is 293 g/mol. The van der Waals surface area contributed by atoms with Gasteiger partial charge in [-0.1, -0.05) is 0 Å². The minimum Gasteiger partial charge on any atom is -0.302 e. The largest absolute Gasteiger partial charge is 0.478 e. The summed E-state index contributed by atoms with van der Waals surface area (Å²) in [6.07, 6.45) is 0. The third-order valence-corrected chi connectivity index (χ3v) is 1.91. The maximum absolute atomic E-state index is 9.63. The van der Waals surface area contributed by atoms with Crippen LogP contribution in [0.5, 0.6) is 0 Å². The molecule has 7 nitrogen and oxygen atoms in total. The molecule has 0 heterocycles. The summed E-state index contributed by atoms with van der Waals surface area (Å²) in [5.41, 5.74) is 0. The molecule has 0 spiro atoms. The van der Waals surface area contributed by atoms with E-state index in [9.17, 15) is 9.13 Å². The van der Waals surface area contributed by atoms with Crippen molar-refractivity contribution < 1.29 is 33.0 Å². The van der Waals surface area contributed by atoms with E-state index in [0.717, 1.165) is 0 Å². The quantitative estimate of drug-likeness (QED) is 0.373. The van der Waals surface area contributed by atoms with Crippen LogP contribution in [-0.2, 0) is 13.4 Å². The van der Waals surface area contributed by atoms with Crippen LogP contribution in [0.2, 0.25) is 0 Å². The minimum atomic E-state index is -5.05. The van der Waals surface area contributed by atoms with Gasteiger partial charge in [-0.2, -0.15) is 4.31 Å². The van der Waals surface area contributed by atoms with E-state index in [2.05, 4.69) is 4.31 Å². The zero-order valence-corrected chi connectivity index (χ0v) is 9.05. The summed E-state index contributed by atoms with van der Waals surface area (Å²) >= 11 is 0. The fourth-order valence-corrected chi connectivity index (χ4v) is 1.25. The molecule has 0 aliphatic rings. The van der Waals surface area contributed by atoms with E-state index in [1.165, 1.54) is 0 Å². The van der Waals surface area contributed by atoms with E-state index in [1.54, 1.807) is 0 Å². The van der Waals surface area contributed by atoms with Crippen LogP contribution in [0.4, 0.5) is 0 Å². The third kappa shape index (κ3) is 11.8. The molecule has 0 bridgehead atoms. The molecule has 0 saturated carbocycles. The molecule has 0 unspecified atom stereocenters. The molecule has 0 aliphatic heterocycles. The maximum atomic E-state index is 9.63. The molecule has 60 valence electrons. The smallest absolute Gasteiger partial charge is 0.302 e. The Morgan fingerprint density at radius 1 is 0.900 bits per heavy atom. The molecule has 4 N–H and O–H groups in total. The zero-order chi connectivity index (χ0) is 7.71. The standard InChI is InChI=1S/H4O7P2.Sn/c1-8(2,3)7-9(4,5)6;/h(H2,1,2,3)(H2,4,5,6);. The van der Waals surface area contributed by atoms with Gasteiger partial charge in [-0.3, -0.25) is 0 Å². The van der Waals surface area contributed by atoms with Crippen molar-refractivity contribution in [3.8, 4) is 0 Å².